The number of aromatic nitrogens is 3. The van der Waals surface area contributed by atoms with Gasteiger partial charge in [-0.2, -0.15) is 0 Å². The van der Waals surface area contributed by atoms with Crippen LogP contribution in [0.5, 0.6) is 0 Å². The fraction of sp³-hybridized carbons (Fsp3) is 0.273. The van der Waals surface area contributed by atoms with Gasteiger partial charge in [-0.3, -0.25) is 0 Å². The normalized spacial score (nSPS) is 12.7. The fourth-order valence-corrected chi connectivity index (χ4v) is 2.16. The molecule has 0 N–H and O–H groups in total. The summed E-state index contributed by atoms with van der Waals surface area (Å²) < 4.78 is 1.53. The van der Waals surface area contributed by atoms with E-state index >= 15 is 0 Å². The standard InChI is InChI=1S/C11H9Cl4N3/c1-2-6(12)10-5-18(17-16-10)11-4-8(14)7(13)3-9(11)15/h3-6H,2H2,1H3. The van der Waals surface area contributed by atoms with Gasteiger partial charge in [0.05, 0.1) is 32.3 Å². The summed E-state index contributed by atoms with van der Waals surface area (Å²) >= 11 is 24.0. The molecular formula is C11H9Cl4N3. The Morgan fingerprint density at radius 3 is 2.50 bits per heavy atom. The van der Waals surface area contributed by atoms with Gasteiger partial charge in [-0.15, -0.1) is 16.7 Å². The number of hydrogen-bond acceptors (Lipinski definition) is 2. The topological polar surface area (TPSA) is 30.7 Å². The van der Waals surface area contributed by atoms with Gasteiger partial charge < -0.3 is 0 Å². The highest BCUT2D eigenvalue weighted by Gasteiger charge is 2.13. The van der Waals surface area contributed by atoms with Gasteiger partial charge in [0, 0.05) is 0 Å². The van der Waals surface area contributed by atoms with Crippen LogP contribution in [0.4, 0.5) is 0 Å². The second kappa shape index (κ2) is 5.66. The molecule has 3 nitrogen and oxygen atoms in total. The second-order valence-corrected chi connectivity index (χ2v) is 5.43. The molecule has 0 amide bonds. The van der Waals surface area contributed by atoms with Crippen molar-refractivity contribution in [1.82, 2.24) is 15.0 Å². The van der Waals surface area contributed by atoms with Gasteiger partial charge in [0.15, 0.2) is 0 Å². The molecule has 1 atom stereocenters. The van der Waals surface area contributed by atoms with Gasteiger partial charge in [-0.25, -0.2) is 4.68 Å². The number of benzene rings is 1. The van der Waals surface area contributed by atoms with E-state index in [1.54, 1.807) is 18.3 Å². The van der Waals surface area contributed by atoms with E-state index in [0.717, 1.165) is 6.42 Å². The summed E-state index contributed by atoms with van der Waals surface area (Å²) in [6, 6.07) is 3.21. The molecule has 1 aromatic heterocycles. The summed E-state index contributed by atoms with van der Waals surface area (Å²) in [6.07, 6.45) is 2.50. The van der Waals surface area contributed by atoms with Crippen LogP contribution in [0.15, 0.2) is 18.3 Å². The molecule has 0 aliphatic rings. The zero-order valence-corrected chi connectivity index (χ0v) is 12.4. The van der Waals surface area contributed by atoms with Crippen molar-refractivity contribution in [2.24, 2.45) is 0 Å². The van der Waals surface area contributed by atoms with Crippen LogP contribution < -0.4 is 0 Å². The lowest BCUT2D eigenvalue weighted by atomic mass is 10.2. The molecule has 0 saturated carbocycles. The van der Waals surface area contributed by atoms with E-state index in [-0.39, 0.29) is 5.38 Å². The molecule has 0 bridgehead atoms. The van der Waals surface area contributed by atoms with Crippen LogP contribution >= 0.6 is 46.4 Å². The summed E-state index contributed by atoms with van der Waals surface area (Å²) in [5, 5.41) is 9.07. The summed E-state index contributed by atoms with van der Waals surface area (Å²) in [4.78, 5) is 0. The van der Waals surface area contributed by atoms with E-state index in [2.05, 4.69) is 10.3 Å². The average Bonchev–Trinajstić information content (AvgIpc) is 2.82. The van der Waals surface area contributed by atoms with Gasteiger partial charge in [0.1, 0.15) is 5.69 Å². The average molecular weight is 325 g/mol. The lowest BCUT2D eigenvalue weighted by Crippen LogP contribution is -1.96. The third-order valence-corrected chi connectivity index (χ3v) is 3.98. The van der Waals surface area contributed by atoms with Crippen LogP contribution in [0.1, 0.15) is 24.4 Å². The van der Waals surface area contributed by atoms with Gasteiger partial charge in [-0.05, 0) is 18.6 Å². The zero-order valence-electron chi connectivity index (χ0n) is 9.37. The Labute approximate surface area is 125 Å². The van der Waals surface area contributed by atoms with Crippen molar-refractivity contribution in [1.29, 1.82) is 0 Å². The lowest BCUT2D eigenvalue weighted by molar-refractivity contribution is 0.786. The van der Waals surface area contributed by atoms with Crippen molar-refractivity contribution in [3.05, 3.63) is 39.1 Å². The first-order chi connectivity index (χ1) is 8.52. The van der Waals surface area contributed by atoms with Crippen LogP contribution in [0.25, 0.3) is 5.69 Å². The van der Waals surface area contributed by atoms with Gasteiger partial charge in [0.25, 0.3) is 0 Å². The quantitative estimate of drug-likeness (QED) is 0.592. The third kappa shape index (κ3) is 2.75. The minimum absolute atomic E-state index is 0.166. The molecule has 1 aromatic carbocycles. The lowest BCUT2D eigenvalue weighted by Gasteiger charge is -2.05. The molecule has 0 fully saturated rings. The first kappa shape index (κ1) is 13.9. The van der Waals surface area contributed by atoms with Crippen molar-refractivity contribution >= 4 is 46.4 Å². The first-order valence-electron chi connectivity index (χ1n) is 5.24. The van der Waals surface area contributed by atoms with Gasteiger partial charge in [0.2, 0.25) is 0 Å². The van der Waals surface area contributed by atoms with E-state index in [9.17, 15) is 0 Å². The smallest absolute Gasteiger partial charge is 0.101 e. The summed E-state index contributed by atoms with van der Waals surface area (Å²) in [6.45, 7) is 1.98. The predicted molar refractivity (Wildman–Crippen MR) is 75.3 cm³/mol. The molecular weight excluding hydrogens is 316 g/mol. The molecule has 0 saturated heterocycles. The van der Waals surface area contributed by atoms with Crippen molar-refractivity contribution < 1.29 is 0 Å². The van der Waals surface area contributed by atoms with Crippen LogP contribution in [0.3, 0.4) is 0 Å². The highest BCUT2D eigenvalue weighted by Crippen LogP contribution is 2.31. The molecule has 0 aliphatic heterocycles. The molecule has 2 aromatic rings. The van der Waals surface area contributed by atoms with Crippen molar-refractivity contribution in [2.75, 3.05) is 0 Å². The van der Waals surface area contributed by atoms with Crippen LogP contribution in [-0.2, 0) is 0 Å². The third-order valence-electron chi connectivity index (χ3n) is 2.43. The molecule has 0 spiro atoms. The fourth-order valence-electron chi connectivity index (χ4n) is 1.43. The molecule has 2 rings (SSSR count). The molecule has 0 aliphatic carbocycles. The number of halogens is 4. The second-order valence-electron chi connectivity index (χ2n) is 3.68. The number of alkyl halides is 1. The largest absolute Gasteiger partial charge is 0.219 e. The van der Waals surface area contributed by atoms with E-state index in [0.29, 0.717) is 26.4 Å². The number of rotatable bonds is 3. The first-order valence-corrected chi connectivity index (χ1v) is 6.81. The Bertz CT molecular complexity index is 567. The van der Waals surface area contributed by atoms with Crippen LogP contribution in [0, 0.1) is 0 Å². The Morgan fingerprint density at radius 2 is 1.83 bits per heavy atom. The molecule has 1 heterocycles. The molecule has 1 unspecified atom stereocenters. The Kier molecular flexibility index (Phi) is 4.38. The monoisotopic (exact) mass is 323 g/mol. The van der Waals surface area contributed by atoms with E-state index in [4.69, 9.17) is 46.4 Å². The van der Waals surface area contributed by atoms with Gasteiger partial charge in [-0.1, -0.05) is 46.9 Å². The minimum Gasteiger partial charge on any atom is -0.219 e. The molecule has 0 radical (unpaired) electrons. The predicted octanol–water partition coefficient (Wildman–Crippen LogP) is 4.92. The Morgan fingerprint density at radius 1 is 1.17 bits per heavy atom. The SMILES string of the molecule is CCC(Cl)c1cn(-c2cc(Cl)c(Cl)cc2Cl)nn1. The van der Waals surface area contributed by atoms with Crippen LogP contribution in [-0.4, -0.2) is 15.0 Å². The maximum absolute atomic E-state index is 6.09. The number of nitrogens with zero attached hydrogens (tertiary/aromatic N) is 3. The highest BCUT2D eigenvalue weighted by atomic mass is 35.5. The van der Waals surface area contributed by atoms with Crippen molar-refractivity contribution in [3.63, 3.8) is 0 Å². The number of hydrogen-bond donors (Lipinski definition) is 0. The Hall–Kier alpha value is -0.480. The minimum atomic E-state index is -0.166. The molecule has 96 valence electrons. The van der Waals surface area contributed by atoms with Crippen molar-refractivity contribution in [3.8, 4) is 5.69 Å². The molecule has 7 heteroatoms. The van der Waals surface area contributed by atoms with E-state index in [1.165, 1.54) is 4.68 Å². The highest BCUT2D eigenvalue weighted by molar-refractivity contribution is 6.43. The van der Waals surface area contributed by atoms with E-state index in [1.807, 2.05) is 6.92 Å². The van der Waals surface area contributed by atoms with E-state index < -0.39 is 0 Å². The van der Waals surface area contributed by atoms with Crippen LogP contribution in [0.2, 0.25) is 15.1 Å². The summed E-state index contributed by atoms with van der Waals surface area (Å²) in [5.41, 5.74) is 1.31. The van der Waals surface area contributed by atoms with Gasteiger partial charge >= 0.3 is 0 Å². The maximum Gasteiger partial charge on any atom is 0.101 e. The maximum atomic E-state index is 6.09. The zero-order chi connectivity index (χ0) is 13.3. The Balaban J connectivity index is 2.43. The van der Waals surface area contributed by atoms with Crippen molar-refractivity contribution in [2.45, 2.75) is 18.7 Å². The molecule has 18 heavy (non-hydrogen) atoms. The summed E-state index contributed by atoms with van der Waals surface area (Å²) in [7, 11) is 0. The summed E-state index contributed by atoms with van der Waals surface area (Å²) in [5.74, 6) is 0.